The van der Waals surface area contributed by atoms with Gasteiger partial charge in [-0.15, -0.1) is 10.2 Å². The van der Waals surface area contributed by atoms with Gasteiger partial charge in [-0.2, -0.15) is 5.26 Å². The van der Waals surface area contributed by atoms with Gasteiger partial charge in [-0.25, -0.2) is 0 Å². The van der Waals surface area contributed by atoms with Gasteiger partial charge in [-0.05, 0) is 56.2 Å². The van der Waals surface area contributed by atoms with E-state index >= 15 is 0 Å². The van der Waals surface area contributed by atoms with Gasteiger partial charge in [0.05, 0.1) is 16.7 Å². The van der Waals surface area contributed by atoms with Crippen LogP contribution in [0.25, 0.3) is 11.4 Å². The van der Waals surface area contributed by atoms with Gasteiger partial charge in [0.15, 0.2) is 11.9 Å². The van der Waals surface area contributed by atoms with Crippen molar-refractivity contribution in [3.05, 3.63) is 58.9 Å². The molecule has 4 rings (SSSR count). The lowest BCUT2D eigenvalue weighted by atomic mass is 10.1. The minimum Gasteiger partial charge on any atom is -0.481 e. The first-order chi connectivity index (χ1) is 15.0. The highest BCUT2D eigenvalue weighted by molar-refractivity contribution is 6.33. The standard InChI is InChI=1S/C23H22ClN5O2/c1-15(31-18-7-5-6-16(12-18)14-25)23(30)26-17-9-10-20(24)19(13-17)22-28-27-21-8-3-2-4-11-29(21)22/h5-7,9-10,12-13,15H,2-4,8,11H2,1H3,(H,26,30). The Kier molecular flexibility index (Phi) is 6.19. The van der Waals surface area contributed by atoms with Crippen LogP contribution in [0.2, 0.25) is 5.02 Å². The smallest absolute Gasteiger partial charge is 0.265 e. The van der Waals surface area contributed by atoms with Crippen molar-refractivity contribution in [2.45, 2.75) is 45.3 Å². The number of fused-ring (bicyclic) bond motifs is 1. The van der Waals surface area contributed by atoms with Crippen LogP contribution in [0.4, 0.5) is 5.69 Å². The molecule has 8 heteroatoms. The maximum Gasteiger partial charge on any atom is 0.265 e. The summed E-state index contributed by atoms with van der Waals surface area (Å²) in [7, 11) is 0. The summed E-state index contributed by atoms with van der Waals surface area (Å²) in [5.74, 6) is 1.84. The first-order valence-electron chi connectivity index (χ1n) is 10.2. The monoisotopic (exact) mass is 435 g/mol. The average Bonchev–Trinajstić information content (AvgIpc) is 3.02. The van der Waals surface area contributed by atoms with Crippen LogP contribution < -0.4 is 10.1 Å². The molecule has 0 aliphatic carbocycles. The van der Waals surface area contributed by atoms with Gasteiger partial charge in [0, 0.05) is 24.2 Å². The zero-order valence-corrected chi connectivity index (χ0v) is 17.9. The molecule has 1 unspecified atom stereocenters. The molecule has 2 heterocycles. The quantitative estimate of drug-likeness (QED) is 0.632. The third-order valence-electron chi connectivity index (χ3n) is 5.23. The summed E-state index contributed by atoms with van der Waals surface area (Å²) in [5, 5.41) is 21.1. The Balaban J connectivity index is 1.51. The summed E-state index contributed by atoms with van der Waals surface area (Å²) in [6.07, 6.45) is 3.51. The number of halogens is 1. The van der Waals surface area contributed by atoms with Crippen molar-refractivity contribution >= 4 is 23.2 Å². The molecule has 0 fully saturated rings. The molecular formula is C23H22ClN5O2. The number of carbonyl (C=O) groups excluding carboxylic acids is 1. The van der Waals surface area contributed by atoms with E-state index in [0.717, 1.165) is 43.0 Å². The zero-order valence-electron chi connectivity index (χ0n) is 17.1. The van der Waals surface area contributed by atoms with Crippen LogP contribution in [0.5, 0.6) is 5.75 Å². The van der Waals surface area contributed by atoms with Gasteiger partial charge < -0.3 is 14.6 Å². The second-order valence-electron chi connectivity index (χ2n) is 7.49. The summed E-state index contributed by atoms with van der Waals surface area (Å²) >= 11 is 6.46. The van der Waals surface area contributed by atoms with Crippen LogP contribution >= 0.6 is 11.6 Å². The normalized spacial score (nSPS) is 14.1. The van der Waals surface area contributed by atoms with Crippen molar-refractivity contribution < 1.29 is 9.53 Å². The predicted molar refractivity (Wildman–Crippen MR) is 118 cm³/mol. The van der Waals surface area contributed by atoms with Crippen LogP contribution in [-0.2, 0) is 17.8 Å². The van der Waals surface area contributed by atoms with Gasteiger partial charge in [0.2, 0.25) is 0 Å². The Morgan fingerprint density at radius 3 is 2.94 bits per heavy atom. The number of nitriles is 1. The number of nitrogens with one attached hydrogen (secondary N) is 1. The van der Waals surface area contributed by atoms with Crippen molar-refractivity contribution in [3.8, 4) is 23.2 Å². The largest absolute Gasteiger partial charge is 0.481 e. The van der Waals surface area contributed by atoms with E-state index in [1.807, 2.05) is 6.07 Å². The number of aromatic nitrogens is 3. The van der Waals surface area contributed by atoms with Crippen molar-refractivity contribution in [3.63, 3.8) is 0 Å². The molecule has 0 radical (unpaired) electrons. The Hall–Kier alpha value is -3.37. The first kappa shape index (κ1) is 20.9. The summed E-state index contributed by atoms with van der Waals surface area (Å²) in [5.41, 5.74) is 1.80. The number of hydrogen-bond acceptors (Lipinski definition) is 5. The molecule has 3 aromatic rings. The van der Waals surface area contributed by atoms with Gasteiger partial charge in [-0.1, -0.05) is 24.1 Å². The number of nitrogens with zero attached hydrogens (tertiary/aromatic N) is 4. The van der Waals surface area contributed by atoms with E-state index in [1.165, 1.54) is 6.42 Å². The molecule has 1 aliphatic heterocycles. The lowest BCUT2D eigenvalue weighted by Gasteiger charge is -2.16. The zero-order chi connectivity index (χ0) is 21.8. The van der Waals surface area contributed by atoms with Gasteiger partial charge >= 0.3 is 0 Å². The lowest BCUT2D eigenvalue weighted by molar-refractivity contribution is -0.122. The van der Waals surface area contributed by atoms with Crippen molar-refractivity contribution in [1.29, 1.82) is 5.26 Å². The molecule has 1 atom stereocenters. The molecule has 1 aliphatic rings. The number of aryl methyl sites for hydroxylation is 1. The summed E-state index contributed by atoms with van der Waals surface area (Å²) in [6, 6.07) is 14.1. The van der Waals surface area contributed by atoms with E-state index in [4.69, 9.17) is 21.6 Å². The van der Waals surface area contributed by atoms with Crippen LogP contribution in [0.3, 0.4) is 0 Å². The third kappa shape index (κ3) is 4.70. The fourth-order valence-corrected chi connectivity index (χ4v) is 3.80. The average molecular weight is 436 g/mol. The van der Waals surface area contributed by atoms with E-state index in [2.05, 4.69) is 26.2 Å². The number of carbonyl (C=O) groups is 1. The molecule has 31 heavy (non-hydrogen) atoms. The van der Waals surface area contributed by atoms with Crippen molar-refractivity contribution in [2.75, 3.05) is 5.32 Å². The van der Waals surface area contributed by atoms with Crippen LogP contribution in [0.1, 0.15) is 37.6 Å². The molecule has 7 nitrogen and oxygen atoms in total. The van der Waals surface area contributed by atoms with Crippen molar-refractivity contribution in [2.24, 2.45) is 0 Å². The Morgan fingerprint density at radius 1 is 1.23 bits per heavy atom. The minimum atomic E-state index is -0.752. The maximum absolute atomic E-state index is 12.7. The maximum atomic E-state index is 12.7. The molecule has 1 amide bonds. The number of anilines is 1. The number of rotatable bonds is 5. The van der Waals surface area contributed by atoms with Crippen molar-refractivity contribution in [1.82, 2.24) is 14.8 Å². The molecule has 1 N–H and O–H groups in total. The summed E-state index contributed by atoms with van der Waals surface area (Å²) in [6.45, 7) is 2.51. The van der Waals surface area contributed by atoms with E-state index in [1.54, 1.807) is 43.3 Å². The molecule has 0 spiro atoms. The van der Waals surface area contributed by atoms with Gasteiger partial charge in [0.1, 0.15) is 11.6 Å². The van der Waals surface area contributed by atoms with Crippen LogP contribution in [-0.4, -0.2) is 26.8 Å². The molecular weight excluding hydrogens is 414 g/mol. The predicted octanol–water partition coefficient (Wildman–Crippen LogP) is 4.60. The summed E-state index contributed by atoms with van der Waals surface area (Å²) < 4.78 is 7.81. The number of hydrogen-bond donors (Lipinski definition) is 1. The first-order valence-corrected chi connectivity index (χ1v) is 10.6. The molecule has 0 bridgehead atoms. The second kappa shape index (κ2) is 9.19. The summed E-state index contributed by atoms with van der Waals surface area (Å²) in [4.78, 5) is 12.7. The highest BCUT2D eigenvalue weighted by Gasteiger charge is 2.20. The topological polar surface area (TPSA) is 92.8 Å². The van der Waals surface area contributed by atoms with Gasteiger partial charge in [0.25, 0.3) is 5.91 Å². The Labute approximate surface area is 185 Å². The van der Waals surface area contributed by atoms with E-state index in [0.29, 0.717) is 22.0 Å². The lowest BCUT2D eigenvalue weighted by Crippen LogP contribution is -2.30. The van der Waals surface area contributed by atoms with E-state index < -0.39 is 6.10 Å². The van der Waals surface area contributed by atoms with E-state index in [-0.39, 0.29) is 5.91 Å². The number of amides is 1. The highest BCUT2D eigenvalue weighted by atomic mass is 35.5. The third-order valence-corrected chi connectivity index (χ3v) is 5.56. The fraction of sp³-hybridized carbons (Fsp3) is 0.304. The number of benzene rings is 2. The fourth-order valence-electron chi connectivity index (χ4n) is 3.60. The Bertz CT molecular complexity index is 1150. The van der Waals surface area contributed by atoms with Crippen LogP contribution in [0, 0.1) is 11.3 Å². The highest BCUT2D eigenvalue weighted by Crippen LogP contribution is 2.31. The Morgan fingerprint density at radius 2 is 2.10 bits per heavy atom. The minimum absolute atomic E-state index is 0.310. The number of ether oxygens (including phenoxy) is 1. The SMILES string of the molecule is CC(Oc1cccc(C#N)c1)C(=O)Nc1ccc(Cl)c(-c2nnc3n2CCCCC3)c1. The van der Waals surface area contributed by atoms with Gasteiger partial charge in [-0.3, -0.25) is 4.79 Å². The molecule has 1 aromatic heterocycles. The molecule has 2 aromatic carbocycles. The molecule has 158 valence electrons. The molecule has 0 saturated carbocycles. The second-order valence-corrected chi connectivity index (χ2v) is 7.89. The van der Waals surface area contributed by atoms with E-state index in [9.17, 15) is 4.79 Å². The van der Waals surface area contributed by atoms with Crippen LogP contribution in [0.15, 0.2) is 42.5 Å². The molecule has 0 saturated heterocycles.